The zero-order valence-corrected chi connectivity index (χ0v) is 16.2. The summed E-state index contributed by atoms with van der Waals surface area (Å²) in [4.78, 5) is 39.9. The Morgan fingerprint density at radius 1 is 1.00 bits per heavy atom. The van der Waals surface area contributed by atoms with Gasteiger partial charge in [-0.2, -0.15) is 0 Å². The summed E-state index contributed by atoms with van der Waals surface area (Å²) in [6, 6.07) is 7.09. The van der Waals surface area contributed by atoms with Gasteiger partial charge in [0.05, 0.1) is 12.0 Å². The standard InChI is InChI=1S/C20H25N3O5/c1-3-21-9-8-15-16(19(21)25)6-5-7-17(15)28-14-18(24)22-10-12-23(13-11-22)20(26)27-4-2/h5-9H,3-4,10-14H2,1-2H3. The molecule has 1 aliphatic heterocycles. The van der Waals surface area contributed by atoms with Crippen molar-refractivity contribution in [1.82, 2.24) is 14.4 Å². The summed E-state index contributed by atoms with van der Waals surface area (Å²) in [5.41, 5.74) is -0.0770. The van der Waals surface area contributed by atoms with E-state index in [1.165, 1.54) is 0 Å². The van der Waals surface area contributed by atoms with Gasteiger partial charge in [-0.1, -0.05) is 6.07 Å². The van der Waals surface area contributed by atoms with Crippen LogP contribution in [0.3, 0.4) is 0 Å². The lowest BCUT2D eigenvalue weighted by Crippen LogP contribution is -2.51. The molecule has 1 aromatic carbocycles. The minimum absolute atomic E-state index is 0.0770. The zero-order valence-electron chi connectivity index (χ0n) is 16.2. The summed E-state index contributed by atoms with van der Waals surface area (Å²) in [7, 11) is 0. The molecule has 0 spiro atoms. The molecule has 0 aliphatic carbocycles. The minimum Gasteiger partial charge on any atom is -0.483 e. The van der Waals surface area contributed by atoms with Crippen molar-refractivity contribution in [1.29, 1.82) is 0 Å². The summed E-state index contributed by atoms with van der Waals surface area (Å²) < 4.78 is 12.3. The summed E-state index contributed by atoms with van der Waals surface area (Å²) in [6.45, 7) is 6.25. The van der Waals surface area contributed by atoms with Crippen molar-refractivity contribution < 1.29 is 19.1 Å². The molecular weight excluding hydrogens is 362 g/mol. The van der Waals surface area contributed by atoms with E-state index in [1.54, 1.807) is 45.7 Å². The van der Waals surface area contributed by atoms with Crippen LogP contribution in [-0.4, -0.2) is 65.8 Å². The minimum atomic E-state index is -0.348. The van der Waals surface area contributed by atoms with Crippen LogP contribution in [-0.2, 0) is 16.1 Å². The van der Waals surface area contributed by atoms with Gasteiger partial charge in [0.25, 0.3) is 11.5 Å². The number of benzene rings is 1. The van der Waals surface area contributed by atoms with E-state index in [4.69, 9.17) is 9.47 Å². The second-order valence-electron chi connectivity index (χ2n) is 6.48. The number of piperazine rings is 1. The smallest absolute Gasteiger partial charge is 0.409 e. The Kier molecular flexibility index (Phi) is 6.18. The highest BCUT2D eigenvalue weighted by atomic mass is 16.6. The normalized spacial score (nSPS) is 14.2. The monoisotopic (exact) mass is 387 g/mol. The van der Waals surface area contributed by atoms with Crippen molar-refractivity contribution in [2.24, 2.45) is 0 Å². The Labute approximate surface area is 163 Å². The van der Waals surface area contributed by atoms with Crippen LogP contribution in [0.2, 0.25) is 0 Å². The molecule has 2 aromatic rings. The van der Waals surface area contributed by atoms with E-state index in [-0.39, 0.29) is 24.2 Å². The first kappa shape index (κ1) is 19.7. The third kappa shape index (κ3) is 4.11. The average molecular weight is 387 g/mol. The molecule has 8 heteroatoms. The number of carbonyl (C=O) groups is 2. The number of pyridine rings is 1. The molecule has 0 unspecified atom stereocenters. The Bertz CT molecular complexity index is 916. The molecule has 0 atom stereocenters. The van der Waals surface area contributed by atoms with Crippen molar-refractivity contribution in [3.05, 3.63) is 40.8 Å². The maximum absolute atomic E-state index is 12.5. The predicted octanol–water partition coefficient (Wildman–Crippen LogP) is 1.70. The molecule has 1 aliphatic rings. The van der Waals surface area contributed by atoms with Crippen LogP contribution < -0.4 is 10.3 Å². The second-order valence-corrected chi connectivity index (χ2v) is 6.48. The van der Waals surface area contributed by atoms with Gasteiger partial charge >= 0.3 is 6.09 Å². The van der Waals surface area contributed by atoms with E-state index in [2.05, 4.69) is 0 Å². The lowest BCUT2D eigenvalue weighted by atomic mass is 10.1. The van der Waals surface area contributed by atoms with Crippen LogP contribution in [0.1, 0.15) is 13.8 Å². The largest absolute Gasteiger partial charge is 0.483 e. The van der Waals surface area contributed by atoms with Crippen LogP contribution in [0.5, 0.6) is 5.75 Å². The number of nitrogens with zero attached hydrogens (tertiary/aromatic N) is 3. The number of amides is 2. The van der Waals surface area contributed by atoms with Gasteiger partial charge in [-0.15, -0.1) is 0 Å². The average Bonchev–Trinajstić information content (AvgIpc) is 2.72. The van der Waals surface area contributed by atoms with E-state index in [1.807, 2.05) is 13.0 Å². The van der Waals surface area contributed by atoms with Gasteiger partial charge in [0, 0.05) is 44.3 Å². The highest BCUT2D eigenvalue weighted by Gasteiger charge is 2.25. The van der Waals surface area contributed by atoms with Crippen molar-refractivity contribution >= 4 is 22.8 Å². The molecule has 3 rings (SSSR count). The van der Waals surface area contributed by atoms with Crippen LogP contribution in [0, 0.1) is 0 Å². The van der Waals surface area contributed by atoms with Crippen molar-refractivity contribution in [2.75, 3.05) is 39.4 Å². The molecule has 2 heterocycles. The molecule has 1 fully saturated rings. The third-order valence-electron chi connectivity index (χ3n) is 4.83. The van der Waals surface area contributed by atoms with Gasteiger partial charge in [-0.25, -0.2) is 4.79 Å². The molecule has 2 amide bonds. The number of fused-ring (bicyclic) bond motifs is 1. The topological polar surface area (TPSA) is 81.1 Å². The van der Waals surface area contributed by atoms with E-state index in [9.17, 15) is 14.4 Å². The number of aromatic nitrogens is 1. The Hall–Kier alpha value is -3.03. The van der Waals surface area contributed by atoms with E-state index >= 15 is 0 Å². The molecule has 28 heavy (non-hydrogen) atoms. The molecule has 8 nitrogen and oxygen atoms in total. The molecular formula is C20H25N3O5. The van der Waals surface area contributed by atoms with Crippen molar-refractivity contribution in [2.45, 2.75) is 20.4 Å². The number of hydrogen-bond donors (Lipinski definition) is 0. The molecule has 0 radical (unpaired) electrons. The van der Waals surface area contributed by atoms with Gasteiger partial charge in [0.1, 0.15) is 5.75 Å². The third-order valence-corrected chi connectivity index (χ3v) is 4.83. The van der Waals surface area contributed by atoms with Crippen molar-refractivity contribution in [3.8, 4) is 5.75 Å². The first-order valence-electron chi connectivity index (χ1n) is 9.49. The van der Waals surface area contributed by atoms with Gasteiger partial charge < -0.3 is 23.8 Å². The second kappa shape index (κ2) is 8.77. The number of carbonyl (C=O) groups excluding carboxylic acids is 2. The first-order chi connectivity index (χ1) is 13.5. The number of ether oxygens (including phenoxy) is 2. The summed E-state index contributed by atoms with van der Waals surface area (Å²) in [5, 5.41) is 1.26. The number of rotatable bonds is 5. The zero-order chi connectivity index (χ0) is 20.1. The summed E-state index contributed by atoms with van der Waals surface area (Å²) >= 11 is 0. The fourth-order valence-corrected chi connectivity index (χ4v) is 3.25. The lowest BCUT2D eigenvalue weighted by Gasteiger charge is -2.34. The molecule has 1 aromatic heterocycles. The van der Waals surface area contributed by atoms with Gasteiger partial charge in [0.15, 0.2) is 6.61 Å². The van der Waals surface area contributed by atoms with Crippen LogP contribution in [0.25, 0.3) is 10.8 Å². The predicted molar refractivity (Wildman–Crippen MR) is 105 cm³/mol. The van der Waals surface area contributed by atoms with E-state index in [0.717, 1.165) is 0 Å². The van der Waals surface area contributed by atoms with Gasteiger partial charge in [0.2, 0.25) is 0 Å². The van der Waals surface area contributed by atoms with Gasteiger partial charge in [-0.3, -0.25) is 9.59 Å². The highest BCUT2D eigenvalue weighted by molar-refractivity contribution is 5.88. The molecule has 0 N–H and O–H groups in total. The molecule has 1 saturated heterocycles. The van der Waals surface area contributed by atoms with E-state index < -0.39 is 0 Å². The summed E-state index contributed by atoms with van der Waals surface area (Å²) in [5.74, 6) is 0.360. The Balaban J connectivity index is 1.62. The molecule has 150 valence electrons. The van der Waals surface area contributed by atoms with Crippen LogP contribution in [0.4, 0.5) is 4.79 Å². The van der Waals surface area contributed by atoms with E-state index in [0.29, 0.717) is 55.9 Å². The van der Waals surface area contributed by atoms with Crippen molar-refractivity contribution in [3.63, 3.8) is 0 Å². The summed E-state index contributed by atoms with van der Waals surface area (Å²) in [6.07, 6.45) is 1.38. The Morgan fingerprint density at radius 3 is 2.39 bits per heavy atom. The maximum atomic E-state index is 12.5. The SMILES string of the molecule is CCOC(=O)N1CCN(C(=O)COc2cccc3c(=O)n(CC)ccc23)CC1. The highest BCUT2D eigenvalue weighted by Crippen LogP contribution is 2.23. The van der Waals surface area contributed by atoms with Gasteiger partial charge in [-0.05, 0) is 32.0 Å². The fourth-order valence-electron chi connectivity index (χ4n) is 3.25. The quantitative estimate of drug-likeness (QED) is 0.780. The molecule has 0 bridgehead atoms. The lowest BCUT2D eigenvalue weighted by molar-refractivity contribution is -0.134. The number of hydrogen-bond acceptors (Lipinski definition) is 5. The Morgan fingerprint density at radius 2 is 1.71 bits per heavy atom. The fraction of sp³-hybridized carbons (Fsp3) is 0.450. The van der Waals surface area contributed by atoms with Crippen LogP contribution >= 0.6 is 0 Å². The number of aryl methyl sites for hydroxylation is 1. The molecule has 0 saturated carbocycles. The first-order valence-corrected chi connectivity index (χ1v) is 9.49. The van der Waals surface area contributed by atoms with Crippen LogP contribution in [0.15, 0.2) is 35.3 Å². The maximum Gasteiger partial charge on any atom is 0.409 e.